The Morgan fingerprint density at radius 2 is 2.24 bits per heavy atom. The van der Waals surface area contributed by atoms with Gasteiger partial charge in [0.15, 0.2) is 0 Å². The molecule has 1 heterocycles. The van der Waals surface area contributed by atoms with E-state index < -0.39 is 0 Å². The predicted octanol–water partition coefficient (Wildman–Crippen LogP) is 1.21. The average molecular weight is 231 g/mol. The fraction of sp³-hybridized carbons (Fsp3) is 0.385. The van der Waals surface area contributed by atoms with Crippen molar-refractivity contribution in [1.29, 1.82) is 0 Å². The molecular formula is C13H13NO3. The van der Waals surface area contributed by atoms with Gasteiger partial charge in [0.25, 0.3) is 0 Å². The normalized spacial score (nSPS) is 25.1. The second-order valence-electron chi connectivity index (χ2n) is 4.58. The highest BCUT2D eigenvalue weighted by Crippen LogP contribution is 2.42. The molecule has 0 unspecified atom stereocenters. The summed E-state index contributed by atoms with van der Waals surface area (Å²) in [6, 6.07) is 5.70. The van der Waals surface area contributed by atoms with Gasteiger partial charge >= 0.3 is 5.97 Å². The molecule has 1 fully saturated rings. The Morgan fingerprint density at radius 3 is 3.00 bits per heavy atom. The van der Waals surface area contributed by atoms with Gasteiger partial charge in [0, 0.05) is 6.42 Å². The summed E-state index contributed by atoms with van der Waals surface area (Å²) >= 11 is 0. The molecule has 0 saturated carbocycles. The fourth-order valence-corrected chi connectivity index (χ4v) is 2.92. The van der Waals surface area contributed by atoms with Gasteiger partial charge < -0.3 is 10.1 Å². The average Bonchev–Trinajstić information content (AvgIpc) is 2.83. The van der Waals surface area contributed by atoms with Crippen LogP contribution in [0.1, 0.15) is 33.9 Å². The maximum Gasteiger partial charge on any atom is 0.338 e. The fourth-order valence-electron chi connectivity index (χ4n) is 2.92. The van der Waals surface area contributed by atoms with Crippen LogP contribution in [0.4, 0.5) is 0 Å². The zero-order chi connectivity index (χ0) is 12.0. The van der Waals surface area contributed by atoms with E-state index in [0.717, 1.165) is 17.5 Å². The summed E-state index contributed by atoms with van der Waals surface area (Å²) in [5, 5.41) is 2.97. The molecule has 1 N–H and O–H groups in total. The Hall–Kier alpha value is -1.84. The lowest BCUT2D eigenvalue weighted by molar-refractivity contribution is -0.119. The van der Waals surface area contributed by atoms with Crippen molar-refractivity contribution in [2.75, 3.05) is 7.11 Å². The highest BCUT2D eigenvalue weighted by Gasteiger charge is 2.41. The second kappa shape index (κ2) is 3.58. The number of nitrogens with one attached hydrogen (secondary N) is 1. The quantitative estimate of drug-likeness (QED) is 0.739. The maximum absolute atomic E-state index is 11.6. The Morgan fingerprint density at radius 1 is 1.41 bits per heavy atom. The van der Waals surface area contributed by atoms with Crippen LogP contribution in [-0.2, 0) is 16.0 Å². The first kappa shape index (κ1) is 10.3. The number of carbonyl (C=O) groups excluding carboxylic acids is 2. The zero-order valence-corrected chi connectivity index (χ0v) is 9.53. The minimum absolute atomic E-state index is 0.0853. The molecule has 4 nitrogen and oxygen atoms in total. The Labute approximate surface area is 99.0 Å². The van der Waals surface area contributed by atoms with Crippen molar-refractivity contribution in [2.45, 2.75) is 18.9 Å². The first-order chi connectivity index (χ1) is 8.20. The molecule has 1 aliphatic heterocycles. The molecule has 1 aliphatic carbocycles. The van der Waals surface area contributed by atoms with Gasteiger partial charge in [-0.15, -0.1) is 0 Å². The third-order valence-corrected chi connectivity index (χ3v) is 3.65. The molecular weight excluding hydrogens is 218 g/mol. The third kappa shape index (κ3) is 1.44. The van der Waals surface area contributed by atoms with E-state index in [2.05, 4.69) is 5.32 Å². The summed E-state index contributed by atoms with van der Waals surface area (Å²) in [6.07, 6.45) is 1.34. The molecule has 1 aromatic carbocycles. The zero-order valence-electron chi connectivity index (χ0n) is 9.53. The van der Waals surface area contributed by atoms with Crippen LogP contribution in [0.2, 0.25) is 0 Å². The smallest absolute Gasteiger partial charge is 0.338 e. The summed E-state index contributed by atoms with van der Waals surface area (Å²) in [7, 11) is 1.39. The molecule has 88 valence electrons. The monoisotopic (exact) mass is 231 g/mol. The van der Waals surface area contributed by atoms with E-state index in [1.807, 2.05) is 12.1 Å². The van der Waals surface area contributed by atoms with Crippen molar-refractivity contribution in [1.82, 2.24) is 5.32 Å². The number of hydrogen-bond acceptors (Lipinski definition) is 3. The Balaban J connectivity index is 2.05. The minimum atomic E-state index is -0.298. The maximum atomic E-state index is 11.6. The standard InChI is InChI=1S/C13H13NO3/c1-17-13(16)9-4-2-3-8-10(9)5-7-6-11(15)14-12(7)8/h2-4,7,12H,5-6H2,1H3,(H,14,15)/t7-,12+/m1/s1. The van der Waals surface area contributed by atoms with Crippen LogP contribution < -0.4 is 5.32 Å². The molecule has 0 spiro atoms. The number of esters is 1. The van der Waals surface area contributed by atoms with Gasteiger partial charge in [-0.3, -0.25) is 4.79 Å². The minimum Gasteiger partial charge on any atom is -0.465 e. The van der Waals surface area contributed by atoms with Crippen molar-refractivity contribution in [3.63, 3.8) is 0 Å². The molecule has 1 aromatic rings. The molecule has 2 aliphatic rings. The largest absolute Gasteiger partial charge is 0.465 e. The molecule has 3 rings (SSSR count). The summed E-state index contributed by atoms with van der Waals surface area (Å²) in [5.41, 5.74) is 2.74. The van der Waals surface area contributed by atoms with Crippen LogP contribution in [0.3, 0.4) is 0 Å². The summed E-state index contributed by atoms with van der Waals surface area (Å²) < 4.78 is 4.78. The van der Waals surface area contributed by atoms with E-state index in [9.17, 15) is 9.59 Å². The third-order valence-electron chi connectivity index (χ3n) is 3.65. The van der Waals surface area contributed by atoms with Crippen molar-refractivity contribution < 1.29 is 14.3 Å². The summed E-state index contributed by atoms with van der Waals surface area (Å²) in [5.74, 6) is 0.102. The number of fused-ring (bicyclic) bond motifs is 3. The topological polar surface area (TPSA) is 55.4 Å². The van der Waals surface area contributed by atoms with E-state index in [1.54, 1.807) is 6.07 Å². The Kier molecular flexibility index (Phi) is 2.18. The van der Waals surface area contributed by atoms with Crippen LogP contribution in [0.15, 0.2) is 18.2 Å². The highest BCUT2D eigenvalue weighted by molar-refractivity contribution is 5.92. The molecule has 0 bridgehead atoms. The van der Waals surface area contributed by atoms with E-state index >= 15 is 0 Å². The highest BCUT2D eigenvalue weighted by atomic mass is 16.5. The van der Waals surface area contributed by atoms with Crippen LogP contribution in [0, 0.1) is 5.92 Å². The van der Waals surface area contributed by atoms with Crippen LogP contribution in [-0.4, -0.2) is 19.0 Å². The van der Waals surface area contributed by atoms with Crippen molar-refractivity contribution in [3.8, 4) is 0 Å². The first-order valence-corrected chi connectivity index (χ1v) is 5.70. The Bertz CT molecular complexity index is 509. The lowest BCUT2D eigenvalue weighted by atomic mass is 10.0. The molecule has 2 atom stereocenters. The number of rotatable bonds is 1. The van der Waals surface area contributed by atoms with Gasteiger partial charge in [-0.25, -0.2) is 4.79 Å². The van der Waals surface area contributed by atoms with Crippen LogP contribution in [0.5, 0.6) is 0 Å². The molecule has 4 heteroatoms. The molecule has 1 saturated heterocycles. The van der Waals surface area contributed by atoms with Crippen molar-refractivity contribution in [3.05, 3.63) is 34.9 Å². The molecule has 1 amide bonds. The van der Waals surface area contributed by atoms with E-state index in [-0.39, 0.29) is 17.9 Å². The van der Waals surface area contributed by atoms with Crippen LogP contribution in [0.25, 0.3) is 0 Å². The van der Waals surface area contributed by atoms with Crippen LogP contribution >= 0.6 is 0 Å². The first-order valence-electron chi connectivity index (χ1n) is 5.70. The number of carbonyl (C=O) groups is 2. The number of ether oxygens (including phenoxy) is 1. The van der Waals surface area contributed by atoms with Gasteiger partial charge in [0.1, 0.15) is 0 Å². The van der Waals surface area contributed by atoms with Crippen molar-refractivity contribution >= 4 is 11.9 Å². The van der Waals surface area contributed by atoms with E-state index in [4.69, 9.17) is 4.74 Å². The second-order valence-corrected chi connectivity index (χ2v) is 4.58. The lowest BCUT2D eigenvalue weighted by Gasteiger charge is -2.10. The van der Waals surface area contributed by atoms with Gasteiger partial charge in [0.05, 0.1) is 18.7 Å². The van der Waals surface area contributed by atoms with Gasteiger partial charge in [-0.1, -0.05) is 12.1 Å². The summed E-state index contributed by atoms with van der Waals surface area (Å²) in [6.45, 7) is 0. The van der Waals surface area contributed by atoms with Gasteiger partial charge in [-0.05, 0) is 29.5 Å². The molecule has 0 aromatic heterocycles. The van der Waals surface area contributed by atoms with E-state index in [0.29, 0.717) is 17.9 Å². The predicted molar refractivity (Wildman–Crippen MR) is 60.5 cm³/mol. The number of benzene rings is 1. The number of amides is 1. The van der Waals surface area contributed by atoms with E-state index in [1.165, 1.54) is 7.11 Å². The molecule has 0 radical (unpaired) electrons. The van der Waals surface area contributed by atoms with Gasteiger partial charge in [0.2, 0.25) is 5.91 Å². The van der Waals surface area contributed by atoms with Crippen molar-refractivity contribution in [2.24, 2.45) is 5.92 Å². The lowest BCUT2D eigenvalue weighted by Crippen LogP contribution is -2.18. The molecule has 17 heavy (non-hydrogen) atoms. The van der Waals surface area contributed by atoms with Gasteiger partial charge in [-0.2, -0.15) is 0 Å². The summed E-state index contributed by atoms with van der Waals surface area (Å²) in [4.78, 5) is 23.0. The SMILES string of the molecule is COC(=O)c1cccc2c1C[C@@H]1CC(=O)N[C@H]21. The number of hydrogen-bond donors (Lipinski definition) is 1. The number of methoxy groups -OCH3 is 1.